The number of carbonyl (C=O) groups excluding carboxylic acids is 2. The second-order valence-electron chi connectivity index (χ2n) is 4.25. The SMILES string of the molecule is CCOC(=O)CN(C)C(=O)CSc1ccc(Br)cc1C. The van der Waals surface area contributed by atoms with Gasteiger partial charge in [-0.2, -0.15) is 0 Å². The van der Waals surface area contributed by atoms with Crippen LogP contribution in [0.1, 0.15) is 12.5 Å². The van der Waals surface area contributed by atoms with Gasteiger partial charge in [0.05, 0.1) is 12.4 Å². The van der Waals surface area contributed by atoms with Crippen molar-refractivity contribution in [1.82, 2.24) is 4.90 Å². The number of ether oxygens (including phenoxy) is 1. The van der Waals surface area contributed by atoms with Crippen LogP contribution in [-0.2, 0) is 14.3 Å². The minimum atomic E-state index is -0.381. The molecule has 0 aliphatic heterocycles. The van der Waals surface area contributed by atoms with E-state index in [1.54, 1.807) is 14.0 Å². The number of thioether (sulfide) groups is 1. The molecular weight excluding hydrogens is 342 g/mol. The van der Waals surface area contributed by atoms with Crippen molar-refractivity contribution in [3.8, 4) is 0 Å². The first-order valence-electron chi connectivity index (χ1n) is 6.22. The van der Waals surface area contributed by atoms with E-state index in [4.69, 9.17) is 4.74 Å². The lowest BCUT2D eigenvalue weighted by atomic mass is 10.2. The largest absolute Gasteiger partial charge is 0.465 e. The fraction of sp³-hybridized carbons (Fsp3) is 0.429. The minimum Gasteiger partial charge on any atom is -0.465 e. The Morgan fingerprint density at radius 3 is 2.70 bits per heavy atom. The lowest BCUT2D eigenvalue weighted by Crippen LogP contribution is -2.34. The number of amides is 1. The Kier molecular flexibility index (Phi) is 7.09. The highest BCUT2D eigenvalue weighted by molar-refractivity contribution is 9.10. The van der Waals surface area contributed by atoms with E-state index in [9.17, 15) is 9.59 Å². The number of aryl methyl sites for hydroxylation is 1. The molecule has 0 spiro atoms. The van der Waals surface area contributed by atoms with E-state index >= 15 is 0 Å². The van der Waals surface area contributed by atoms with Crippen LogP contribution < -0.4 is 0 Å². The first-order valence-corrected chi connectivity index (χ1v) is 8.00. The van der Waals surface area contributed by atoms with Crippen LogP contribution >= 0.6 is 27.7 Å². The maximum absolute atomic E-state index is 11.9. The van der Waals surface area contributed by atoms with E-state index in [0.717, 1.165) is 14.9 Å². The van der Waals surface area contributed by atoms with Gasteiger partial charge in [-0.15, -0.1) is 11.8 Å². The molecule has 1 amide bonds. The van der Waals surface area contributed by atoms with Gasteiger partial charge >= 0.3 is 5.97 Å². The van der Waals surface area contributed by atoms with Gasteiger partial charge in [-0.3, -0.25) is 9.59 Å². The molecule has 0 heterocycles. The van der Waals surface area contributed by atoms with Crippen molar-refractivity contribution in [2.45, 2.75) is 18.7 Å². The van der Waals surface area contributed by atoms with Crippen LogP contribution in [0, 0.1) is 6.92 Å². The van der Waals surface area contributed by atoms with Crippen LogP contribution in [0.3, 0.4) is 0 Å². The fourth-order valence-corrected chi connectivity index (χ4v) is 2.94. The molecule has 0 N–H and O–H groups in total. The van der Waals surface area contributed by atoms with Crippen LogP contribution in [0.5, 0.6) is 0 Å². The predicted molar refractivity (Wildman–Crippen MR) is 83.9 cm³/mol. The fourth-order valence-electron chi connectivity index (χ4n) is 1.51. The number of rotatable bonds is 6. The molecule has 1 aromatic rings. The molecule has 0 bridgehead atoms. The lowest BCUT2D eigenvalue weighted by molar-refractivity contribution is -0.147. The standard InChI is InChI=1S/C14H18BrNO3S/c1-4-19-14(18)8-16(3)13(17)9-20-12-6-5-11(15)7-10(12)2/h5-7H,4,8-9H2,1-3H3. The third-order valence-electron chi connectivity index (χ3n) is 2.59. The molecule has 0 saturated carbocycles. The average Bonchev–Trinajstić information content (AvgIpc) is 2.37. The topological polar surface area (TPSA) is 46.6 Å². The highest BCUT2D eigenvalue weighted by atomic mass is 79.9. The Hall–Kier alpha value is -1.01. The van der Waals surface area contributed by atoms with Gasteiger partial charge in [0.1, 0.15) is 6.54 Å². The minimum absolute atomic E-state index is 0.00739. The summed E-state index contributed by atoms with van der Waals surface area (Å²) in [5.41, 5.74) is 1.12. The number of carbonyl (C=O) groups is 2. The molecule has 0 saturated heterocycles. The Labute approximate surface area is 132 Å². The summed E-state index contributed by atoms with van der Waals surface area (Å²) in [5.74, 6) is -0.170. The third kappa shape index (κ3) is 5.54. The lowest BCUT2D eigenvalue weighted by Gasteiger charge is -2.16. The Balaban J connectivity index is 2.48. The summed E-state index contributed by atoms with van der Waals surface area (Å²) in [4.78, 5) is 25.7. The van der Waals surface area contributed by atoms with Crippen LogP contribution in [0.4, 0.5) is 0 Å². The summed E-state index contributed by atoms with van der Waals surface area (Å²) < 4.78 is 5.83. The molecule has 20 heavy (non-hydrogen) atoms. The number of hydrogen-bond donors (Lipinski definition) is 0. The maximum atomic E-state index is 11.9. The van der Waals surface area contributed by atoms with E-state index in [1.807, 2.05) is 25.1 Å². The zero-order chi connectivity index (χ0) is 15.1. The third-order valence-corrected chi connectivity index (χ3v) is 4.24. The quantitative estimate of drug-likeness (QED) is 0.578. The van der Waals surface area contributed by atoms with Crippen LogP contribution in [0.25, 0.3) is 0 Å². The van der Waals surface area contributed by atoms with Gasteiger partial charge < -0.3 is 9.64 Å². The number of nitrogens with zero attached hydrogens (tertiary/aromatic N) is 1. The van der Waals surface area contributed by atoms with Gasteiger partial charge in [0.15, 0.2) is 0 Å². The Morgan fingerprint density at radius 1 is 1.40 bits per heavy atom. The van der Waals surface area contributed by atoms with E-state index < -0.39 is 0 Å². The molecule has 0 aromatic heterocycles. The average molecular weight is 360 g/mol. The smallest absolute Gasteiger partial charge is 0.325 e. The molecule has 1 aromatic carbocycles. The molecule has 0 atom stereocenters. The van der Waals surface area contributed by atoms with Gasteiger partial charge in [-0.25, -0.2) is 0 Å². The van der Waals surface area contributed by atoms with E-state index in [0.29, 0.717) is 12.4 Å². The van der Waals surface area contributed by atoms with Gasteiger partial charge in [-0.1, -0.05) is 15.9 Å². The summed E-state index contributed by atoms with van der Waals surface area (Å²) in [6.45, 7) is 4.06. The first-order chi connectivity index (χ1) is 9.43. The normalized spacial score (nSPS) is 10.2. The van der Waals surface area contributed by atoms with E-state index in [2.05, 4.69) is 15.9 Å². The highest BCUT2D eigenvalue weighted by Crippen LogP contribution is 2.25. The monoisotopic (exact) mass is 359 g/mol. The Bertz CT molecular complexity index is 493. The number of esters is 1. The van der Waals surface area contributed by atoms with Crippen LogP contribution in [0.15, 0.2) is 27.6 Å². The van der Waals surface area contributed by atoms with Gasteiger partial charge in [0, 0.05) is 16.4 Å². The number of benzene rings is 1. The van der Waals surface area contributed by atoms with E-state index in [1.165, 1.54) is 16.7 Å². The van der Waals surface area contributed by atoms with Crippen molar-refractivity contribution >= 4 is 39.6 Å². The molecule has 1 rings (SSSR count). The van der Waals surface area contributed by atoms with Crippen molar-refractivity contribution in [2.75, 3.05) is 26.0 Å². The van der Waals surface area contributed by atoms with Crippen molar-refractivity contribution in [3.05, 3.63) is 28.2 Å². The predicted octanol–water partition coefficient (Wildman–Crippen LogP) is 2.87. The summed E-state index contributed by atoms with van der Waals surface area (Å²) in [5, 5.41) is 0. The van der Waals surface area contributed by atoms with Gasteiger partial charge in [0.25, 0.3) is 0 Å². The molecular formula is C14H18BrNO3S. The second-order valence-corrected chi connectivity index (χ2v) is 6.19. The number of likely N-dealkylation sites (N-methyl/N-ethyl adjacent to an activating group) is 1. The molecule has 0 unspecified atom stereocenters. The molecule has 4 nitrogen and oxygen atoms in total. The summed E-state index contributed by atoms with van der Waals surface area (Å²) in [7, 11) is 1.61. The summed E-state index contributed by atoms with van der Waals surface area (Å²) in [6, 6.07) is 5.93. The van der Waals surface area contributed by atoms with Crippen LogP contribution in [-0.4, -0.2) is 42.7 Å². The van der Waals surface area contributed by atoms with E-state index in [-0.39, 0.29) is 18.4 Å². The molecule has 0 radical (unpaired) electrons. The van der Waals surface area contributed by atoms with Crippen molar-refractivity contribution in [1.29, 1.82) is 0 Å². The number of halogens is 1. The van der Waals surface area contributed by atoms with Crippen LogP contribution in [0.2, 0.25) is 0 Å². The highest BCUT2D eigenvalue weighted by Gasteiger charge is 2.14. The second kappa shape index (κ2) is 8.32. The summed E-state index contributed by atoms with van der Waals surface area (Å²) in [6.07, 6.45) is 0. The molecule has 110 valence electrons. The van der Waals surface area contributed by atoms with Crippen molar-refractivity contribution in [3.63, 3.8) is 0 Å². The van der Waals surface area contributed by atoms with Gasteiger partial charge in [-0.05, 0) is 37.6 Å². The van der Waals surface area contributed by atoms with Crippen molar-refractivity contribution in [2.24, 2.45) is 0 Å². The Morgan fingerprint density at radius 2 is 2.10 bits per heavy atom. The first kappa shape index (κ1) is 17.0. The molecule has 0 fully saturated rings. The molecule has 6 heteroatoms. The van der Waals surface area contributed by atoms with Gasteiger partial charge in [0.2, 0.25) is 5.91 Å². The zero-order valence-corrected chi connectivity index (χ0v) is 14.2. The number of hydrogen-bond acceptors (Lipinski definition) is 4. The summed E-state index contributed by atoms with van der Waals surface area (Å²) >= 11 is 4.87. The van der Waals surface area contributed by atoms with Crippen molar-refractivity contribution < 1.29 is 14.3 Å². The zero-order valence-electron chi connectivity index (χ0n) is 11.8. The molecule has 0 aliphatic rings. The molecule has 0 aliphatic carbocycles. The maximum Gasteiger partial charge on any atom is 0.325 e.